The number of carbonyl (C=O) groups is 1. The molecule has 140 valence electrons. The molecule has 0 aliphatic rings. The van der Waals surface area contributed by atoms with E-state index in [4.69, 9.17) is 0 Å². The number of benzene rings is 1. The summed E-state index contributed by atoms with van der Waals surface area (Å²) in [7, 11) is -3.41. The number of anilines is 2. The van der Waals surface area contributed by atoms with Crippen molar-refractivity contribution in [1.29, 1.82) is 0 Å². The first-order valence-corrected chi connectivity index (χ1v) is 10.1. The summed E-state index contributed by atoms with van der Waals surface area (Å²) in [5.41, 5.74) is 1.45. The summed E-state index contributed by atoms with van der Waals surface area (Å²) in [6.07, 6.45) is 1.33. The smallest absolute Gasteiger partial charge is 0.290 e. The lowest BCUT2D eigenvalue weighted by Crippen LogP contribution is -2.16. The Morgan fingerprint density at radius 3 is 2.65 bits per heavy atom. The number of halogens is 2. The lowest BCUT2D eigenvalue weighted by Gasteiger charge is -2.12. The molecule has 1 heterocycles. The summed E-state index contributed by atoms with van der Waals surface area (Å²) >= 11 is 0.196. The molecule has 0 radical (unpaired) electrons. The van der Waals surface area contributed by atoms with E-state index in [-0.39, 0.29) is 28.1 Å². The van der Waals surface area contributed by atoms with E-state index in [0.29, 0.717) is 16.9 Å². The fourth-order valence-corrected chi connectivity index (χ4v) is 3.32. The van der Waals surface area contributed by atoms with Crippen LogP contribution in [0.1, 0.15) is 22.8 Å². The van der Waals surface area contributed by atoms with Crippen LogP contribution in [-0.4, -0.2) is 30.8 Å². The molecule has 10 heteroatoms. The SMILES string of the molecule is CCS(=O)(=O)Nc1ccc(NC(=O)c2cccnc2SC(F)F)cc1C. The van der Waals surface area contributed by atoms with Gasteiger partial charge in [-0.3, -0.25) is 9.52 Å². The Kier molecular flexibility index (Phi) is 6.54. The Bertz CT molecular complexity index is 905. The van der Waals surface area contributed by atoms with Crippen LogP contribution in [0.25, 0.3) is 0 Å². The summed E-state index contributed by atoms with van der Waals surface area (Å²) < 4.78 is 50.9. The first-order chi connectivity index (χ1) is 12.2. The van der Waals surface area contributed by atoms with Crippen molar-refractivity contribution in [2.45, 2.75) is 24.6 Å². The van der Waals surface area contributed by atoms with Crippen molar-refractivity contribution >= 4 is 39.1 Å². The van der Waals surface area contributed by atoms with Gasteiger partial charge in [-0.1, -0.05) is 0 Å². The minimum absolute atomic E-state index is 0.0335. The summed E-state index contributed by atoms with van der Waals surface area (Å²) in [6.45, 7) is 3.21. The van der Waals surface area contributed by atoms with Gasteiger partial charge in [-0.2, -0.15) is 8.78 Å². The van der Waals surface area contributed by atoms with Crippen LogP contribution < -0.4 is 10.0 Å². The highest BCUT2D eigenvalue weighted by molar-refractivity contribution is 7.99. The van der Waals surface area contributed by atoms with Crippen LogP contribution in [0.3, 0.4) is 0 Å². The van der Waals surface area contributed by atoms with Gasteiger partial charge in [-0.05, 0) is 61.5 Å². The second kappa shape index (κ2) is 8.45. The minimum atomic E-state index is -3.41. The molecule has 0 bridgehead atoms. The number of thioether (sulfide) groups is 1. The number of carbonyl (C=O) groups excluding carboxylic acids is 1. The van der Waals surface area contributed by atoms with Gasteiger partial charge in [0.05, 0.1) is 17.0 Å². The first-order valence-electron chi connectivity index (χ1n) is 7.54. The molecule has 2 rings (SSSR count). The van der Waals surface area contributed by atoms with E-state index in [2.05, 4.69) is 15.0 Å². The number of alkyl halides is 2. The molecule has 0 fully saturated rings. The lowest BCUT2D eigenvalue weighted by atomic mass is 10.1. The van der Waals surface area contributed by atoms with Crippen molar-refractivity contribution in [2.75, 3.05) is 15.8 Å². The molecule has 1 amide bonds. The highest BCUT2D eigenvalue weighted by Crippen LogP contribution is 2.27. The number of aromatic nitrogens is 1. The summed E-state index contributed by atoms with van der Waals surface area (Å²) in [5, 5.41) is 2.54. The van der Waals surface area contributed by atoms with Gasteiger partial charge in [0.25, 0.3) is 11.7 Å². The molecular formula is C16H17F2N3O3S2. The molecule has 0 aliphatic carbocycles. The zero-order chi connectivity index (χ0) is 19.3. The van der Waals surface area contributed by atoms with Crippen LogP contribution in [0.2, 0.25) is 0 Å². The third kappa shape index (κ3) is 5.40. The average Bonchev–Trinajstić information content (AvgIpc) is 2.57. The van der Waals surface area contributed by atoms with Crippen molar-refractivity contribution in [1.82, 2.24) is 4.98 Å². The Morgan fingerprint density at radius 2 is 2.04 bits per heavy atom. The van der Waals surface area contributed by atoms with Gasteiger partial charge < -0.3 is 5.32 Å². The van der Waals surface area contributed by atoms with Crippen LogP contribution in [0.5, 0.6) is 0 Å². The number of nitrogens with zero attached hydrogens (tertiary/aromatic N) is 1. The molecule has 0 spiro atoms. The maximum atomic E-state index is 12.6. The highest BCUT2D eigenvalue weighted by Gasteiger charge is 2.17. The molecule has 0 aliphatic heterocycles. The monoisotopic (exact) mass is 401 g/mol. The van der Waals surface area contributed by atoms with Crippen molar-refractivity contribution in [3.8, 4) is 0 Å². The Balaban J connectivity index is 2.19. The quantitative estimate of drug-likeness (QED) is 0.691. The number of nitrogens with one attached hydrogen (secondary N) is 2. The Morgan fingerprint density at radius 1 is 1.31 bits per heavy atom. The molecule has 0 saturated heterocycles. The topological polar surface area (TPSA) is 88.2 Å². The molecule has 1 aromatic carbocycles. The second-order valence-corrected chi connectivity index (χ2v) is 8.21. The van der Waals surface area contributed by atoms with E-state index in [9.17, 15) is 22.0 Å². The van der Waals surface area contributed by atoms with E-state index in [1.54, 1.807) is 13.0 Å². The predicted octanol–water partition coefficient (Wildman–Crippen LogP) is 3.72. The van der Waals surface area contributed by atoms with E-state index < -0.39 is 21.7 Å². The van der Waals surface area contributed by atoms with Crippen LogP contribution in [0.15, 0.2) is 41.6 Å². The van der Waals surface area contributed by atoms with Crippen LogP contribution in [0.4, 0.5) is 20.2 Å². The highest BCUT2D eigenvalue weighted by atomic mass is 32.2. The number of hydrogen-bond acceptors (Lipinski definition) is 5. The molecule has 2 aromatic rings. The Hall–Kier alpha value is -2.20. The van der Waals surface area contributed by atoms with Crippen LogP contribution in [0, 0.1) is 6.92 Å². The number of rotatable bonds is 7. The van der Waals surface area contributed by atoms with Gasteiger partial charge in [0, 0.05) is 11.9 Å². The standard InChI is InChI=1S/C16H17F2N3O3S2/c1-3-26(23,24)21-13-7-6-11(9-10(13)2)20-14(22)12-5-4-8-19-15(12)25-16(17)18/h4-9,16,21H,3H2,1-2H3,(H,20,22). The first kappa shape index (κ1) is 20.1. The molecule has 2 N–H and O–H groups in total. The number of pyridine rings is 1. The second-order valence-electron chi connectivity index (χ2n) is 5.22. The zero-order valence-electron chi connectivity index (χ0n) is 14.0. The summed E-state index contributed by atoms with van der Waals surface area (Å²) in [4.78, 5) is 16.2. The fraction of sp³-hybridized carbons (Fsp3) is 0.250. The molecule has 6 nitrogen and oxygen atoms in total. The van der Waals surface area contributed by atoms with Crippen molar-refractivity contribution in [2.24, 2.45) is 0 Å². The van der Waals surface area contributed by atoms with Crippen LogP contribution in [-0.2, 0) is 10.0 Å². The van der Waals surface area contributed by atoms with Gasteiger partial charge in [-0.15, -0.1) is 0 Å². The lowest BCUT2D eigenvalue weighted by molar-refractivity contribution is 0.102. The number of sulfonamides is 1. The summed E-state index contributed by atoms with van der Waals surface area (Å²) in [6, 6.07) is 7.52. The van der Waals surface area contributed by atoms with E-state index >= 15 is 0 Å². The molecule has 0 unspecified atom stereocenters. The molecule has 1 aromatic heterocycles. The molecule has 0 saturated carbocycles. The largest absolute Gasteiger partial charge is 0.322 e. The minimum Gasteiger partial charge on any atom is -0.322 e. The molecule has 0 atom stereocenters. The maximum Gasteiger partial charge on any atom is 0.290 e. The third-order valence-electron chi connectivity index (χ3n) is 3.35. The van der Waals surface area contributed by atoms with Crippen LogP contribution >= 0.6 is 11.8 Å². The van der Waals surface area contributed by atoms with Gasteiger partial charge >= 0.3 is 0 Å². The number of hydrogen-bond donors (Lipinski definition) is 2. The van der Waals surface area contributed by atoms with Crippen molar-refractivity contribution in [3.63, 3.8) is 0 Å². The predicted molar refractivity (Wildman–Crippen MR) is 98.3 cm³/mol. The van der Waals surface area contributed by atoms with E-state index in [1.165, 1.54) is 37.4 Å². The van der Waals surface area contributed by atoms with Gasteiger partial charge in [0.2, 0.25) is 10.0 Å². The normalized spacial score (nSPS) is 11.4. The summed E-state index contributed by atoms with van der Waals surface area (Å²) in [5.74, 6) is -3.33. The third-order valence-corrected chi connectivity index (χ3v) is 5.36. The van der Waals surface area contributed by atoms with Gasteiger partial charge in [0.15, 0.2) is 0 Å². The van der Waals surface area contributed by atoms with Crippen molar-refractivity contribution in [3.05, 3.63) is 47.7 Å². The molecular weight excluding hydrogens is 384 g/mol. The van der Waals surface area contributed by atoms with E-state index in [1.807, 2.05) is 0 Å². The fourth-order valence-electron chi connectivity index (χ4n) is 2.04. The number of amides is 1. The Labute approximate surface area is 154 Å². The maximum absolute atomic E-state index is 12.6. The number of aryl methyl sites for hydroxylation is 1. The zero-order valence-corrected chi connectivity index (χ0v) is 15.6. The molecule has 26 heavy (non-hydrogen) atoms. The van der Waals surface area contributed by atoms with Crippen molar-refractivity contribution < 1.29 is 22.0 Å². The van der Waals surface area contributed by atoms with E-state index in [0.717, 1.165) is 0 Å². The van der Waals surface area contributed by atoms with Gasteiger partial charge in [0.1, 0.15) is 5.03 Å². The average molecular weight is 401 g/mol. The van der Waals surface area contributed by atoms with Gasteiger partial charge in [-0.25, -0.2) is 13.4 Å².